The van der Waals surface area contributed by atoms with Crippen LogP contribution in [0.2, 0.25) is 0 Å². The first-order valence-electron chi connectivity index (χ1n) is 21.2. The molecule has 0 aliphatic heterocycles. The summed E-state index contributed by atoms with van der Waals surface area (Å²) in [5.41, 5.74) is 8.73. The van der Waals surface area contributed by atoms with Gasteiger partial charge in [-0.15, -0.1) is 0 Å². The van der Waals surface area contributed by atoms with Crippen LogP contribution in [0.1, 0.15) is 124 Å². The molecular formula is C47H66F4N2O2. The van der Waals surface area contributed by atoms with Crippen molar-refractivity contribution < 1.29 is 27.1 Å². The van der Waals surface area contributed by atoms with Crippen LogP contribution in [-0.4, -0.2) is 36.9 Å². The monoisotopic (exact) mass is 767 g/mol. The maximum atomic E-state index is 14.7. The Morgan fingerprint density at radius 1 is 0.927 bits per heavy atom. The molecule has 2 unspecified atom stereocenters. The highest BCUT2D eigenvalue weighted by Gasteiger charge is 2.71. The average Bonchev–Trinajstić information content (AvgIpc) is 3.53. The number of carbonyl (C=O) groups is 1. The minimum Gasteiger partial charge on any atom is -0.460 e. The first kappa shape index (κ1) is 40.7. The van der Waals surface area contributed by atoms with Gasteiger partial charge in [-0.1, -0.05) is 89.3 Å². The molecule has 11 atom stereocenters. The van der Waals surface area contributed by atoms with Crippen LogP contribution in [0, 0.1) is 56.7 Å². The summed E-state index contributed by atoms with van der Waals surface area (Å²) in [7, 11) is 0. The molecule has 0 aromatic heterocycles. The molecular weight excluding hydrogens is 701 g/mol. The fourth-order valence-electron chi connectivity index (χ4n) is 14.6. The molecule has 0 radical (unpaired) electrons. The quantitative estimate of drug-likeness (QED) is 0.149. The van der Waals surface area contributed by atoms with Gasteiger partial charge in [0, 0.05) is 12.1 Å². The first-order chi connectivity index (χ1) is 25.8. The Hall–Kier alpha value is -2.45. The lowest BCUT2D eigenvalue weighted by atomic mass is 9.33. The summed E-state index contributed by atoms with van der Waals surface area (Å²) < 4.78 is 63.1. The van der Waals surface area contributed by atoms with E-state index in [1.165, 1.54) is 11.1 Å². The van der Waals surface area contributed by atoms with Gasteiger partial charge in [0.05, 0.1) is 5.41 Å². The van der Waals surface area contributed by atoms with Crippen LogP contribution in [0.3, 0.4) is 0 Å². The third-order valence-electron chi connectivity index (χ3n) is 17.6. The van der Waals surface area contributed by atoms with Crippen molar-refractivity contribution in [2.45, 2.75) is 143 Å². The van der Waals surface area contributed by atoms with Crippen molar-refractivity contribution in [3.05, 3.63) is 71.3 Å². The van der Waals surface area contributed by atoms with Crippen LogP contribution < -0.4 is 11.1 Å². The topological polar surface area (TPSA) is 64.3 Å². The minimum atomic E-state index is -4.38. The van der Waals surface area contributed by atoms with Crippen LogP contribution in [0.25, 0.3) is 0 Å². The van der Waals surface area contributed by atoms with E-state index in [4.69, 9.17) is 10.5 Å². The summed E-state index contributed by atoms with van der Waals surface area (Å²) in [5, 5.41) is 3.22. The summed E-state index contributed by atoms with van der Waals surface area (Å²) in [6, 6.07) is 7.85. The van der Waals surface area contributed by atoms with Gasteiger partial charge in [-0.3, -0.25) is 10.1 Å². The number of hydrogen-bond donors (Lipinski definition) is 2. The molecule has 7 rings (SSSR count). The predicted molar refractivity (Wildman–Crippen MR) is 211 cm³/mol. The van der Waals surface area contributed by atoms with Gasteiger partial charge in [-0.05, 0) is 152 Å². The molecule has 0 amide bonds. The van der Waals surface area contributed by atoms with Gasteiger partial charge in [-0.25, -0.2) is 4.39 Å². The van der Waals surface area contributed by atoms with Crippen LogP contribution in [0.5, 0.6) is 0 Å². The van der Waals surface area contributed by atoms with E-state index in [2.05, 4.69) is 65.6 Å². The maximum absolute atomic E-state index is 14.7. The lowest BCUT2D eigenvalue weighted by Crippen LogP contribution is -2.69. The second kappa shape index (κ2) is 14.1. The molecule has 304 valence electrons. The normalized spacial score (nSPS) is 41.4. The molecule has 0 spiro atoms. The highest BCUT2D eigenvalue weighted by atomic mass is 19.4. The summed E-state index contributed by atoms with van der Waals surface area (Å²) in [4.78, 5) is 13.3. The van der Waals surface area contributed by atoms with Gasteiger partial charge < -0.3 is 10.5 Å². The molecule has 6 aliphatic carbocycles. The molecule has 1 aromatic carbocycles. The molecule has 3 N–H and O–H groups in total. The summed E-state index contributed by atoms with van der Waals surface area (Å²) in [6.45, 7) is 17.9. The molecule has 55 heavy (non-hydrogen) atoms. The number of esters is 1. The Morgan fingerprint density at radius 2 is 1.65 bits per heavy atom. The number of ether oxygens (including phenoxy) is 1. The van der Waals surface area contributed by atoms with Crippen LogP contribution in [0.15, 0.2) is 65.8 Å². The number of fused-ring (bicyclic) bond motifs is 7. The van der Waals surface area contributed by atoms with E-state index in [0.717, 1.165) is 68.9 Å². The van der Waals surface area contributed by atoms with Crippen molar-refractivity contribution in [3.8, 4) is 0 Å². The number of hydrogen-bond acceptors (Lipinski definition) is 4. The number of carbonyl (C=O) groups excluding carboxylic acids is 1. The molecule has 1 aromatic rings. The number of nitrogens with one attached hydrogen (secondary N) is 1. The standard InChI is InChI=1S/C47H66F4N2O2/c1-30(2)33-17-24-46(53-38(27-52)47(49,50)51)26-25-43(6)35(39(33)46)13-14-37-42(5)20-18-34(41(3,4)36(42)19-21-44(37,43)7)32-15-22-45(29-48,23-16-32)40(54)55-28-31-11-9-8-10-12-31/h8-12,15,18,33,35-39,53H,1,13-14,16-17,19-29,52H2,2-7H3/t33-,35+,36-,37+,38?,39+,42-,43+,44+,45?,46-/m0/s1. The molecule has 4 nitrogen and oxygen atoms in total. The van der Waals surface area contributed by atoms with Gasteiger partial charge in [0.1, 0.15) is 19.3 Å². The summed E-state index contributed by atoms with van der Waals surface area (Å²) >= 11 is 0. The van der Waals surface area contributed by atoms with Crippen molar-refractivity contribution >= 4 is 5.97 Å². The van der Waals surface area contributed by atoms with Crippen molar-refractivity contribution in [1.29, 1.82) is 0 Å². The second-order valence-corrected chi connectivity index (χ2v) is 20.3. The summed E-state index contributed by atoms with van der Waals surface area (Å²) in [5.74, 6) is 1.14. The van der Waals surface area contributed by atoms with Crippen molar-refractivity contribution in [1.82, 2.24) is 5.32 Å². The number of benzene rings is 1. The van der Waals surface area contributed by atoms with Gasteiger partial charge in [0.25, 0.3) is 0 Å². The van der Waals surface area contributed by atoms with Crippen LogP contribution in [-0.2, 0) is 16.1 Å². The smallest absolute Gasteiger partial charge is 0.405 e. The zero-order valence-electron chi connectivity index (χ0n) is 34.2. The number of nitrogens with two attached hydrogens (primary N) is 1. The second-order valence-electron chi connectivity index (χ2n) is 20.3. The molecule has 6 aliphatic rings. The molecule has 0 saturated heterocycles. The molecule has 4 fully saturated rings. The Bertz CT molecular complexity index is 1700. The molecule has 8 heteroatoms. The van der Waals surface area contributed by atoms with E-state index >= 15 is 0 Å². The first-order valence-corrected chi connectivity index (χ1v) is 21.2. The highest BCUT2D eigenvalue weighted by molar-refractivity contribution is 5.78. The Morgan fingerprint density at radius 3 is 2.27 bits per heavy atom. The van der Waals surface area contributed by atoms with Gasteiger partial charge in [0.15, 0.2) is 0 Å². The van der Waals surface area contributed by atoms with Crippen molar-refractivity contribution in [2.75, 3.05) is 13.2 Å². The molecule has 0 bridgehead atoms. The summed E-state index contributed by atoms with van der Waals surface area (Å²) in [6.07, 6.45) is 10.3. The van der Waals surface area contributed by atoms with Gasteiger partial charge in [-0.2, -0.15) is 13.2 Å². The van der Waals surface area contributed by atoms with E-state index in [0.29, 0.717) is 37.0 Å². The van der Waals surface area contributed by atoms with Crippen molar-refractivity contribution in [2.24, 2.45) is 62.4 Å². The Balaban J connectivity index is 1.13. The fourth-order valence-corrected chi connectivity index (χ4v) is 14.6. The van der Waals surface area contributed by atoms with E-state index in [-0.39, 0.29) is 40.1 Å². The maximum Gasteiger partial charge on any atom is 0.405 e. The predicted octanol–water partition coefficient (Wildman–Crippen LogP) is 11.2. The van der Waals surface area contributed by atoms with E-state index in [9.17, 15) is 22.4 Å². The fraction of sp³-hybridized carbons (Fsp3) is 0.723. The third kappa shape index (κ3) is 6.32. The lowest BCUT2D eigenvalue weighted by molar-refractivity contribution is -0.225. The largest absolute Gasteiger partial charge is 0.460 e. The lowest BCUT2D eigenvalue weighted by Gasteiger charge is -2.72. The zero-order chi connectivity index (χ0) is 39.8. The minimum absolute atomic E-state index is 0.000918. The van der Waals surface area contributed by atoms with E-state index in [1.54, 1.807) is 0 Å². The average molecular weight is 767 g/mol. The molecule has 0 heterocycles. The number of allylic oxidation sites excluding steroid dienone is 5. The third-order valence-corrected chi connectivity index (χ3v) is 17.6. The van der Waals surface area contributed by atoms with Crippen LogP contribution >= 0.6 is 0 Å². The van der Waals surface area contributed by atoms with E-state index < -0.39 is 42.4 Å². The molecule has 4 saturated carbocycles. The Kier molecular flexibility index (Phi) is 10.5. The number of alkyl halides is 4. The Labute approximate surface area is 327 Å². The van der Waals surface area contributed by atoms with Gasteiger partial charge in [0.2, 0.25) is 0 Å². The van der Waals surface area contributed by atoms with Crippen LogP contribution in [0.4, 0.5) is 17.6 Å². The SMILES string of the molecule is C=C(C)[C@@H]1CC[C@]2(NC(CN)C(F)(F)F)CC[C@]3(C)[C@H](CC[C@@H]4[C@@]5(C)CC=C(C6=CCC(CF)(C(=O)OCc7ccccc7)CC6)C(C)(C)[C@@H]5CC[C@]43C)[C@@H]12. The zero-order valence-corrected chi connectivity index (χ0v) is 34.2. The van der Waals surface area contributed by atoms with Gasteiger partial charge >= 0.3 is 12.1 Å². The number of halogens is 4. The van der Waals surface area contributed by atoms with Crippen molar-refractivity contribution in [3.63, 3.8) is 0 Å². The highest BCUT2D eigenvalue weighted by Crippen LogP contribution is 2.76. The number of rotatable bonds is 9. The van der Waals surface area contributed by atoms with E-state index in [1.807, 2.05) is 30.3 Å².